The number of nitrogen functional groups attached to an aromatic ring is 1. The number of amides is 1. The van der Waals surface area contributed by atoms with Crippen LogP contribution >= 0.6 is 0 Å². The van der Waals surface area contributed by atoms with Crippen LogP contribution in [0.2, 0.25) is 0 Å². The molecule has 1 heterocycles. The minimum atomic E-state index is -0.0294. The number of hydrogen-bond acceptors (Lipinski definition) is 3. The number of nitrogens with zero attached hydrogens (tertiary/aromatic N) is 3. The Kier molecular flexibility index (Phi) is 4.08. The van der Waals surface area contributed by atoms with Crippen molar-refractivity contribution < 1.29 is 4.79 Å². The third-order valence-electron chi connectivity index (χ3n) is 3.28. The maximum Gasteiger partial charge on any atom is 0.257 e. The monoisotopic (exact) mass is 272 g/mol. The number of anilines is 1. The van der Waals surface area contributed by atoms with Crippen molar-refractivity contribution in [2.45, 2.75) is 19.9 Å². The van der Waals surface area contributed by atoms with Gasteiger partial charge in [-0.25, -0.2) is 0 Å². The van der Waals surface area contributed by atoms with Crippen LogP contribution in [0.3, 0.4) is 0 Å². The summed E-state index contributed by atoms with van der Waals surface area (Å²) in [6.07, 6.45) is 2.51. The molecule has 0 atom stereocenters. The molecule has 0 bridgehead atoms. The predicted molar refractivity (Wildman–Crippen MR) is 79.2 cm³/mol. The number of aromatic nitrogens is 2. The lowest BCUT2D eigenvalue weighted by molar-refractivity contribution is 0.0784. The summed E-state index contributed by atoms with van der Waals surface area (Å²) in [4.78, 5) is 14.2. The van der Waals surface area contributed by atoms with E-state index in [1.54, 1.807) is 22.8 Å². The summed E-state index contributed by atoms with van der Waals surface area (Å²) in [7, 11) is 3.60. The molecule has 0 spiro atoms. The van der Waals surface area contributed by atoms with Gasteiger partial charge in [-0.1, -0.05) is 25.1 Å². The van der Waals surface area contributed by atoms with Gasteiger partial charge in [0.05, 0.1) is 11.3 Å². The average Bonchev–Trinajstić information content (AvgIpc) is 2.81. The van der Waals surface area contributed by atoms with E-state index in [1.165, 1.54) is 0 Å². The van der Waals surface area contributed by atoms with Crippen molar-refractivity contribution in [1.29, 1.82) is 0 Å². The lowest BCUT2D eigenvalue weighted by Crippen LogP contribution is -2.27. The van der Waals surface area contributed by atoms with Crippen molar-refractivity contribution in [2.24, 2.45) is 7.05 Å². The Morgan fingerprint density at radius 1 is 1.40 bits per heavy atom. The van der Waals surface area contributed by atoms with Gasteiger partial charge in [0.25, 0.3) is 5.91 Å². The second kappa shape index (κ2) is 5.77. The predicted octanol–water partition coefficient (Wildman–Crippen LogP) is 1.84. The molecule has 5 heteroatoms. The van der Waals surface area contributed by atoms with Gasteiger partial charge in [0.15, 0.2) is 0 Å². The highest BCUT2D eigenvalue weighted by Gasteiger charge is 2.18. The number of nitrogens with two attached hydrogens (primary N) is 1. The van der Waals surface area contributed by atoms with E-state index >= 15 is 0 Å². The first-order valence-electron chi connectivity index (χ1n) is 6.64. The summed E-state index contributed by atoms with van der Waals surface area (Å²) < 4.78 is 1.68. The number of benzene rings is 1. The molecule has 2 N–H and O–H groups in total. The fourth-order valence-electron chi connectivity index (χ4n) is 2.19. The molecule has 2 aromatic rings. The summed E-state index contributed by atoms with van der Waals surface area (Å²) in [5, 5.41) is 4.30. The fourth-order valence-corrected chi connectivity index (χ4v) is 2.19. The molecule has 1 aromatic heterocycles. The molecule has 0 aliphatic rings. The van der Waals surface area contributed by atoms with Gasteiger partial charge in [-0.2, -0.15) is 5.10 Å². The first kappa shape index (κ1) is 14.1. The van der Waals surface area contributed by atoms with Crippen molar-refractivity contribution >= 4 is 11.6 Å². The number of rotatable bonds is 4. The van der Waals surface area contributed by atoms with Gasteiger partial charge in [0, 0.05) is 32.5 Å². The number of aryl methyl sites for hydroxylation is 2. The van der Waals surface area contributed by atoms with E-state index in [0.29, 0.717) is 17.8 Å². The number of hydrogen-bond donors (Lipinski definition) is 1. The Hall–Kier alpha value is -2.30. The van der Waals surface area contributed by atoms with Crippen molar-refractivity contribution in [2.75, 3.05) is 12.8 Å². The maximum absolute atomic E-state index is 12.5. The maximum atomic E-state index is 12.5. The molecule has 0 aliphatic heterocycles. The van der Waals surface area contributed by atoms with Crippen LogP contribution < -0.4 is 5.73 Å². The largest absolute Gasteiger partial charge is 0.398 e. The van der Waals surface area contributed by atoms with Gasteiger partial charge in [0.1, 0.15) is 0 Å². The van der Waals surface area contributed by atoms with Gasteiger partial charge in [0.2, 0.25) is 0 Å². The second-order valence-corrected chi connectivity index (χ2v) is 4.88. The highest BCUT2D eigenvalue weighted by atomic mass is 16.2. The van der Waals surface area contributed by atoms with E-state index in [0.717, 1.165) is 17.7 Å². The summed E-state index contributed by atoms with van der Waals surface area (Å²) >= 11 is 0. The molecular formula is C15H20N4O. The van der Waals surface area contributed by atoms with Crippen molar-refractivity contribution in [3.8, 4) is 0 Å². The quantitative estimate of drug-likeness (QED) is 0.864. The summed E-state index contributed by atoms with van der Waals surface area (Å²) in [6.45, 7) is 2.48. The molecule has 2 rings (SSSR count). The highest BCUT2D eigenvalue weighted by Crippen LogP contribution is 2.16. The minimum absolute atomic E-state index is 0.0294. The van der Waals surface area contributed by atoms with Crippen LogP contribution in [0, 0.1) is 0 Å². The zero-order chi connectivity index (χ0) is 14.7. The molecule has 1 amide bonds. The van der Waals surface area contributed by atoms with Crippen LogP contribution in [-0.4, -0.2) is 27.6 Å². The molecule has 0 saturated heterocycles. The van der Waals surface area contributed by atoms with Crippen LogP contribution in [0.1, 0.15) is 28.5 Å². The van der Waals surface area contributed by atoms with E-state index in [9.17, 15) is 4.79 Å². The van der Waals surface area contributed by atoms with Gasteiger partial charge in [-0.15, -0.1) is 0 Å². The molecule has 1 aromatic carbocycles. The van der Waals surface area contributed by atoms with E-state index in [2.05, 4.69) is 5.10 Å². The van der Waals surface area contributed by atoms with Gasteiger partial charge in [-0.3, -0.25) is 9.48 Å². The number of carbonyl (C=O) groups excluding carboxylic acids is 1. The molecule has 106 valence electrons. The molecule has 0 radical (unpaired) electrons. The Morgan fingerprint density at radius 3 is 2.75 bits per heavy atom. The molecular weight excluding hydrogens is 252 g/mol. The van der Waals surface area contributed by atoms with E-state index in [-0.39, 0.29) is 5.91 Å². The molecule has 20 heavy (non-hydrogen) atoms. The van der Waals surface area contributed by atoms with E-state index < -0.39 is 0 Å². The van der Waals surface area contributed by atoms with Crippen LogP contribution in [0.15, 0.2) is 30.5 Å². The molecule has 5 nitrogen and oxygen atoms in total. The van der Waals surface area contributed by atoms with Crippen molar-refractivity contribution in [1.82, 2.24) is 14.7 Å². The third kappa shape index (κ3) is 2.82. The summed E-state index contributed by atoms with van der Waals surface area (Å²) in [5.74, 6) is -0.0294. The van der Waals surface area contributed by atoms with Crippen molar-refractivity contribution in [3.63, 3.8) is 0 Å². The van der Waals surface area contributed by atoms with E-state index in [1.807, 2.05) is 38.2 Å². The lowest BCUT2D eigenvalue weighted by atomic mass is 10.1. The Bertz CT molecular complexity index is 618. The zero-order valence-electron chi connectivity index (χ0n) is 12.1. The standard InChI is InChI=1S/C15H20N4O/c1-4-14-12(10-19(3)17-14)15(20)18(2)9-11-7-5-6-8-13(11)16/h5-8,10H,4,9,16H2,1-3H3. The zero-order valence-corrected chi connectivity index (χ0v) is 12.1. The SMILES string of the molecule is CCc1nn(C)cc1C(=O)N(C)Cc1ccccc1N. The second-order valence-electron chi connectivity index (χ2n) is 4.88. The van der Waals surface area contributed by atoms with Crippen LogP contribution in [0.5, 0.6) is 0 Å². The minimum Gasteiger partial charge on any atom is -0.398 e. The number of para-hydroxylation sites is 1. The Morgan fingerprint density at radius 2 is 2.10 bits per heavy atom. The first-order valence-corrected chi connectivity index (χ1v) is 6.64. The van der Waals surface area contributed by atoms with Crippen LogP contribution in [0.25, 0.3) is 0 Å². The third-order valence-corrected chi connectivity index (χ3v) is 3.28. The topological polar surface area (TPSA) is 64.2 Å². The van der Waals surface area contributed by atoms with Crippen molar-refractivity contribution in [3.05, 3.63) is 47.3 Å². The normalized spacial score (nSPS) is 10.6. The lowest BCUT2D eigenvalue weighted by Gasteiger charge is -2.18. The van der Waals surface area contributed by atoms with Crippen LogP contribution in [0.4, 0.5) is 5.69 Å². The fraction of sp³-hybridized carbons (Fsp3) is 0.333. The summed E-state index contributed by atoms with van der Waals surface area (Å²) in [6, 6.07) is 7.58. The Balaban J connectivity index is 2.18. The first-order chi connectivity index (χ1) is 9.52. The molecule has 0 fully saturated rings. The highest BCUT2D eigenvalue weighted by molar-refractivity contribution is 5.95. The molecule has 0 unspecified atom stereocenters. The smallest absolute Gasteiger partial charge is 0.257 e. The number of carbonyl (C=O) groups is 1. The van der Waals surface area contributed by atoms with Gasteiger partial charge < -0.3 is 10.6 Å². The Labute approximate surface area is 119 Å². The van der Waals surface area contributed by atoms with Crippen LogP contribution in [-0.2, 0) is 20.0 Å². The van der Waals surface area contributed by atoms with E-state index in [4.69, 9.17) is 5.73 Å². The summed E-state index contributed by atoms with van der Waals surface area (Å²) in [5.41, 5.74) is 9.05. The van der Waals surface area contributed by atoms with Gasteiger partial charge in [-0.05, 0) is 18.1 Å². The van der Waals surface area contributed by atoms with Gasteiger partial charge >= 0.3 is 0 Å². The average molecular weight is 272 g/mol. The molecule has 0 saturated carbocycles. The molecule has 0 aliphatic carbocycles.